The number of amides is 2. The molecule has 0 spiro atoms. The Morgan fingerprint density at radius 3 is 2.25 bits per heavy atom. The molecule has 3 N–H and O–H groups in total. The van der Waals surface area contributed by atoms with Crippen molar-refractivity contribution in [3.63, 3.8) is 0 Å². The highest BCUT2D eigenvalue weighted by molar-refractivity contribution is 5.96. The van der Waals surface area contributed by atoms with Crippen molar-refractivity contribution in [2.45, 2.75) is 64.5 Å². The minimum absolute atomic E-state index is 0.0332. The van der Waals surface area contributed by atoms with E-state index >= 15 is 0 Å². The Bertz CT molecular complexity index is 555. The zero-order valence-electron chi connectivity index (χ0n) is 14.9. The molecule has 0 saturated heterocycles. The first kappa shape index (κ1) is 18.5. The number of rotatable bonds is 5. The summed E-state index contributed by atoms with van der Waals surface area (Å²) in [5, 5.41) is 9.07. The van der Waals surface area contributed by atoms with Crippen LogP contribution >= 0.6 is 0 Å². The molecule has 1 aliphatic carbocycles. The quantitative estimate of drug-likeness (QED) is 0.776. The fourth-order valence-electron chi connectivity index (χ4n) is 2.77. The maximum atomic E-state index is 12.3. The normalized spacial score (nSPS) is 15.8. The molecule has 1 aliphatic rings. The zero-order valence-corrected chi connectivity index (χ0v) is 14.9. The summed E-state index contributed by atoms with van der Waals surface area (Å²) in [6, 6.07) is 7.35. The number of benzene rings is 1. The standard InChI is InChI=1S/C19H29N3O2/c1-19(2,3)20-13-17(23)21-16-11-9-14(10-12-16)18(24)22-15-7-5-4-6-8-15/h9-12,15,20H,4-8,13H2,1-3H3,(H,21,23)(H,22,24). The Balaban J connectivity index is 1.83. The van der Waals surface area contributed by atoms with Crippen LogP contribution in [0, 0.1) is 0 Å². The average molecular weight is 331 g/mol. The predicted molar refractivity (Wildman–Crippen MR) is 97.2 cm³/mol. The van der Waals surface area contributed by atoms with Crippen LogP contribution < -0.4 is 16.0 Å². The second kappa shape index (κ2) is 8.29. The molecule has 2 amide bonds. The molecular weight excluding hydrogens is 302 g/mol. The van der Waals surface area contributed by atoms with E-state index in [1.165, 1.54) is 19.3 Å². The van der Waals surface area contributed by atoms with Gasteiger partial charge >= 0.3 is 0 Å². The van der Waals surface area contributed by atoms with Gasteiger partial charge in [-0.05, 0) is 57.9 Å². The largest absolute Gasteiger partial charge is 0.349 e. The Hall–Kier alpha value is -1.88. The molecule has 5 heteroatoms. The van der Waals surface area contributed by atoms with E-state index in [0.29, 0.717) is 17.3 Å². The summed E-state index contributed by atoms with van der Waals surface area (Å²) < 4.78 is 0. The second-order valence-corrected chi connectivity index (χ2v) is 7.54. The maximum absolute atomic E-state index is 12.3. The van der Waals surface area contributed by atoms with Crippen molar-refractivity contribution < 1.29 is 9.59 Å². The van der Waals surface area contributed by atoms with E-state index in [-0.39, 0.29) is 23.9 Å². The molecule has 24 heavy (non-hydrogen) atoms. The number of carbonyl (C=O) groups is 2. The van der Waals surface area contributed by atoms with Gasteiger partial charge in [0.05, 0.1) is 6.54 Å². The highest BCUT2D eigenvalue weighted by atomic mass is 16.2. The molecule has 1 fully saturated rings. The van der Waals surface area contributed by atoms with E-state index < -0.39 is 0 Å². The zero-order chi connectivity index (χ0) is 17.6. The van der Waals surface area contributed by atoms with Gasteiger partial charge in [0.1, 0.15) is 0 Å². The molecule has 0 bridgehead atoms. The van der Waals surface area contributed by atoms with Gasteiger partial charge in [0, 0.05) is 22.8 Å². The van der Waals surface area contributed by atoms with Crippen molar-refractivity contribution in [3.05, 3.63) is 29.8 Å². The number of hydrogen-bond acceptors (Lipinski definition) is 3. The summed E-state index contributed by atoms with van der Waals surface area (Å²) in [5.41, 5.74) is 1.23. The predicted octanol–water partition coefficient (Wildman–Crippen LogP) is 3.08. The third-order valence-corrected chi connectivity index (χ3v) is 4.15. The molecule has 1 aromatic carbocycles. The van der Waals surface area contributed by atoms with E-state index in [1.807, 2.05) is 20.8 Å². The van der Waals surface area contributed by atoms with E-state index in [2.05, 4.69) is 16.0 Å². The molecule has 1 aromatic rings. The molecule has 0 atom stereocenters. The maximum Gasteiger partial charge on any atom is 0.251 e. The Morgan fingerprint density at radius 1 is 1.04 bits per heavy atom. The fourth-order valence-corrected chi connectivity index (χ4v) is 2.77. The molecule has 0 heterocycles. The molecule has 0 aliphatic heterocycles. The number of hydrogen-bond donors (Lipinski definition) is 3. The van der Waals surface area contributed by atoms with Gasteiger partial charge in [-0.3, -0.25) is 9.59 Å². The Labute approximate surface area is 144 Å². The van der Waals surface area contributed by atoms with Crippen LogP contribution in [0.1, 0.15) is 63.2 Å². The minimum atomic E-state index is -0.0988. The van der Waals surface area contributed by atoms with Gasteiger partial charge in [-0.15, -0.1) is 0 Å². The van der Waals surface area contributed by atoms with Gasteiger partial charge in [-0.1, -0.05) is 19.3 Å². The third-order valence-electron chi connectivity index (χ3n) is 4.15. The lowest BCUT2D eigenvalue weighted by molar-refractivity contribution is -0.115. The van der Waals surface area contributed by atoms with Crippen molar-refractivity contribution in [1.29, 1.82) is 0 Å². The smallest absolute Gasteiger partial charge is 0.251 e. The van der Waals surface area contributed by atoms with Crippen LogP contribution in [0.4, 0.5) is 5.69 Å². The summed E-state index contributed by atoms with van der Waals surface area (Å²) in [7, 11) is 0. The average Bonchev–Trinajstić information content (AvgIpc) is 2.54. The summed E-state index contributed by atoms with van der Waals surface area (Å²) in [6.45, 7) is 6.30. The van der Waals surface area contributed by atoms with Gasteiger partial charge in [0.2, 0.25) is 5.91 Å². The second-order valence-electron chi connectivity index (χ2n) is 7.54. The summed E-state index contributed by atoms with van der Waals surface area (Å²) in [4.78, 5) is 24.1. The first-order valence-electron chi connectivity index (χ1n) is 8.79. The lowest BCUT2D eigenvalue weighted by Gasteiger charge is -2.22. The molecule has 5 nitrogen and oxygen atoms in total. The molecule has 0 unspecified atom stereocenters. The topological polar surface area (TPSA) is 70.2 Å². The molecular formula is C19H29N3O2. The van der Waals surface area contributed by atoms with Crippen molar-refractivity contribution in [3.8, 4) is 0 Å². The van der Waals surface area contributed by atoms with Crippen LogP contribution in [0.5, 0.6) is 0 Å². The van der Waals surface area contributed by atoms with Gasteiger partial charge in [-0.25, -0.2) is 0 Å². The van der Waals surface area contributed by atoms with E-state index in [0.717, 1.165) is 12.8 Å². The van der Waals surface area contributed by atoms with Crippen LogP contribution in [0.2, 0.25) is 0 Å². The summed E-state index contributed by atoms with van der Waals surface area (Å²) >= 11 is 0. The molecule has 0 aromatic heterocycles. The van der Waals surface area contributed by atoms with Crippen LogP contribution in [-0.4, -0.2) is 29.9 Å². The monoisotopic (exact) mass is 331 g/mol. The minimum Gasteiger partial charge on any atom is -0.349 e. The van der Waals surface area contributed by atoms with Crippen LogP contribution in [0.15, 0.2) is 24.3 Å². The summed E-state index contributed by atoms with van der Waals surface area (Å²) in [6.07, 6.45) is 5.79. The number of anilines is 1. The van der Waals surface area contributed by atoms with E-state index in [9.17, 15) is 9.59 Å². The van der Waals surface area contributed by atoms with Crippen molar-refractivity contribution in [1.82, 2.24) is 10.6 Å². The van der Waals surface area contributed by atoms with Gasteiger partial charge in [0.15, 0.2) is 0 Å². The third kappa shape index (κ3) is 6.32. The van der Waals surface area contributed by atoms with Gasteiger partial charge in [-0.2, -0.15) is 0 Å². The summed E-state index contributed by atoms with van der Waals surface area (Å²) in [5.74, 6) is -0.126. The first-order valence-corrected chi connectivity index (χ1v) is 8.79. The highest BCUT2D eigenvalue weighted by Crippen LogP contribution is 2.18. The van der Waals surface area contributed by atoms with Crippen LogP contribution in [-0.2, 0) is 4.79 Å². The van der Waals surface area contributed by atoms with Crippen molar-refractivity contribution in [2.75, 3.05) is 11.9 Å². The van der Waals surface area contributed by atoms with Gasteiger partial charge < -0.3 is 16.0 Å². The highest BCUT2D eigenvalue weighted by Gasteiger charge is 2.16. The Kier molecular flexibility index (Phi) is 6.37. The Morgan fingerprint density at radius 2 is 1.67 bits per heavy atom. The number of nitrogens with one attached hydrogen (secondary N) is 3. The first-order chi connectivity index (χ1) is 11.3. The SMILES string of the molecule is CC(C)(C)NCC(=O)Nc1ccc(C(=O)NC2CCCCC2)cc1. The molecule has 0 radical (unpaired) electrons. The molecule has 2 rings (SSSR count). The number of carbonyl (C=O) groups excluding carboxylic acids is 2. The van der Waals surface area contributed by atoms with E-state index in [4.69, 9.17) is 0 Å². The van der Waals surface area contributed by atoms with Crippen molar-refractivity contribution in [2.24, 2.45) is 0 Å². The van der Waals surface area contributed by atoms with Crippen molar-refractivity contribution >= 4 is 17.5 Å². The fraction of sp³-hybridized carbons (Fsp3) is 0.579. The van der Waals surface area contributed by atoms with Gasteiger partial charge in [0.25, 0.3) is 5.91 Å². The molecule has 132 valence electrons. The molecule has 1 saturated carbocycles. The lowest BCUT2D eigenvalue weighted by Crippen LogP contribution is -2.41. The van der Waals surface area contributed by atoms with E-state index in [1.54, 1.807) is 24.3 Å². The van der Waals surface area contributed by atoms with Crippen LogP contribution in [0.25, 0.3) is 0 Å². The lowest BCUT2D eigenvalue weighted by atomic mass is 9.95. The van der Waals surface area contributed by atoms with Crippen LogP contribution in [0.3, 0.4) is 0 Å².